The molecule has 4 heteroatoms. The van der Waals surface area contributed by atoms with Crippen LogP contribution in [0.25, 0.3) is 0 Å². The maximum Gasteiger partial charge on any atom is 0.129 e. The lowest BCUT2D eigenvalue weighted by atomic mass is 10.5. The van der Waals surface area contributed by atoms with Crippen molar-refractivity contribution in [2.45, 2.75) is 6.23 Å². The number of hydrogen-bond acceptors (Lipinski definition) is 3. The summed E-state index contributed by atoms with van der Waals surface area (Å²) in [4.78, 5) is 0. The smallest absolute Gasteiger partial charge is 0.129 e. The Morgan fingerprint density at radius 2 is 2.56 bits per heavy atom. The molecule has 0 saturated carbocycles. The number of nitrogens with two attached hydrogens (primary N) is 1. The minimum atomic E-state index is -0.174. The van der Waals surface area contributed by atoms with Gasteiger partial charge in [-0.05, 0) is 12.3 Å². The molecule has 9 heavy (non-hydrogen) atoms. The molecule has 0 spiro atoms. The fourth-order valence-corrected chi connectivity index (χ4v) is 0.559. The fraction of sp³-hybridized carbons (Fsp3) is 0.600. The van der Waals surface area contributed by atoms with Crippen molar-refractivity contribution >= 4 is 11.6 Å². The minimum Gasteiger partial charge on any atom is -0.405 e. The molecule has 0 bridgehead atoms. The van der Waals surface area contributed by atoms with Gasteiger partial charge in [0.1, 0.15) is 6.23 Å². The van der Waals surface area contributed by atoms with Gasteiger partial charge in [-0.15, -0.1) is 11.6 Å². The second-order valence-corrected chi connectivity index (χ2v) is 1.65. The maximum atomic E-state index is 5.34. The molecular formula is C5H11ClN2O. The third-order valence-electron chi connectivity index (χ3n) is 0.818. The van der Waals surface area contributed by atoms with E-state index in [0.717, 1.165) is 0 Å². The first kappa shape index (κ1) is 8.75. The molecule has 3 N–H and O–H groups in total. The van der Waals surface area contributed by atoms with Gasteiger partial charge in [0.25, 0.3) is 0 Å². The average Bonchev–Trinajstić information content (AvgIpc) is 1.88. The highest BCUT2D eigenvalue weighted by Crippen LogP contribution is 1.85. The molecule has 0 heterocycles. The zero-order valence-electron chi connectivity index (χ0n) is 5.30. The number of halogens is 1. The monoisotopic (exact) mass is 150 g/mol. The molecule has 0 rings (SSSR count). The van der Waals surface area contributed by atoms with Crippen LogP contribution in [0.5, 0.6) is 0 Å². The molecule has 0 aliphatic heterocycles. The van der Waals surface area contributed by atoms with E-state index in [1.807, 2.05) is 0 Å². The van der Waals surface area contributed by atoms with Crippen LogP contribution in [0, 0.1) is 0 Å². The molecule has 54 valence electrons. The van der Waals surface area contributed by atoms with Crippen LogP contribution in [0.2, 0.25) is 0 Å². The highest BCUT2D eigenvalue weighted by Gasteiger charge is 1.96. The van der Waals surface area contributed by atoms with E-state index in [1.54, 1.807) is 13.2 Å². The van der Waals surface area contributed by atoms with Crippen LogP contribution < -0.4 is 11.1 Å². The van der Waals surface area contributed by atoms with E-state index < -0.39 is 0 Å². The SMILES string of the molecule is COC(/C=C\N)NCCl. The van der Waals surface area contributed by atoms with E-state index >= 15 is 0 Å². The Balaban J connectivity index is 3.41. The molecule has 0 aliphatic carbocycles. The highest BCUT2D eigenvalue weighted by molar-refractivity contribution is 6.17. The van der Waals surface area contributed by atoms with Gasteiger partial charge in [0.15, 0.2) is 0 Å². The van der Waals surface area contributed by atoms with Crippen molar-refractivity contribution in [1.82, 2.24) is 5.32 Å². The second-order valence-electron chi connectivity index (χ2n) is 1.38. The molecule has 0 aromatic carbocycles. The van der Waals surface area contributed by atoms with Crippen LogP contribution in [0.1, 0.15) is 0 Å². The first-order valence-corrected chi connectivity index (χ1v) is 3.09. The summed E-state index contributed by atoms with van der Waals surface area (Å²) < 4.78 is 4.87. The lowest BCUT2D eigenvalue weighted by Gasteiger charge is -2.08. The van der Waals surface area contributed by atoms with Gasteiger partial charge in [0.05, 0.1) is 6.00 Å². The van der Waals surface area contributed by atoms with E-state index in [4.69, 9.17) is 22.1 Å². The number of nitrogens with one attached hydrogen (secondary N) is 1. The van der Waals surface area contributed by atoms with Crippen molar-refractivity contribution in [3.63, 3.8) is 0 Å². The lowest BCUT2D eigenvalue weighted by molar-refractivity contribution is 0.118. The van der Waals surface area contributed by atoms with Gasteiger partial charge < -0.3 is 10.5 Å². The highest BCUT2D eigenvalue weighted by atomic mass is 35.5. The molecular weight excluding hydrogens is 140 g/mol. The summed E-state index contributed by atoms with van der Waals surface area (Å²) in [5.41, 5.74) is 5.09. The summed E-state index contributed by atoms with van der Waals surface area (Å²) in [5, 5.41) is 2.81. The zero-order valence-corrected chi connectivity index (χ0v) is 6.06. The third-order valence-corrected chi connectivity index (χ3v) is 0.972. The minimum absolute atomic E-state index is 0.174. The first-order valence-electron chi connectivity index (χ1n) is 2.55. The van der Waals surface area contributed by atoms with Crippen LogP contribution in [0.3, 0.4) is 0 Å². The van der Waals surface area contributed by atoms with Crippen molar-refractivity contribution < 1.29 is 4.74 Å². The third kappa shape index (κ3) is 4.27. The van der Waals surface area contributed by atoms with Gasteiger partial charge in [0.2, 0.25) is 0 Å². The van der Waals surface area contributed by atoms with Crippen LogP contribution in [0.4, 0.5) is 0 Å². The summed E-state index contributed by atoms with van der Waals surface area (Å²) in [7, 11) is 1.57. The number of ether oxygens (including phenoxy) is 1. The first-order chi connectivity index (χ1) is 4.35. The Bertz CT molecular complexity index is 87.0. The standard InChI is InChI=1S/C5H11ClN2O/c1-9-5(2-3-7)8-4-6/h2-3,5,8H,4,7H2,1H3/b3-2-. The van der Waals surface area contributed by atoms with Gasteiger partial charge in [-0.25, -0.2) is 0 Å². The predicted octanol–water partition coefficient (Wildman–Crippen LogP) is 0.217. The molecule has 0 amide bonds. The van der Waals surface area contributed by atoms with Gasteiger partial charge in [-0.3, -0.25) is 5.32 Å². The van der Waals surface area contributed by atoms with Gasteiger partial charge >= 0.3 is 0 Å². The van der Waals surface area contributed by atoms with Crippen molar-refractivity contribution in [3.8, 4) is 0 Å². The summed E-state index contributed by atoms with van der Waals surface area (Å²) in [5.74, 6) is 0. The summed E-state index contributed by atoms with van der Waals surface area (Å²) >= 11 is 5.34. The topological polar surface area (TPSA) is 47.3 Å². The van der Waals surface area contributed by atoms with Crippen molar-refractivity contribution in [3.05, 3.63) is 12.3 Å². The molecule has 0 aliphatic rings. The Morgan fingerprint density at radius 1 is 1.89 bits per heavy atom. The Kier molecular flexibility index (Phi) is 5.72. The normalized spacial score (nSPS) is 14.4. The second kappa shape index (κ2) is 5.88. The fourth-order valence-electron chi connectivity index (χ4n) is 0.407. The maximum absolute atomic E-state index is 5.34. The number of alkyl halides is 1. The quantitative estimate of drug-likeness (QED) is 0.342. The molecule has 0 saturated heterocycles. The average molecular weight is 151 g/mol. The van der Waals surface area contributed by atoms with E-state index in [1.165, 1.54) is 6.20 Å². The van der Waals surface area contributed by atoms with E-state index in [0.29, 0.717) is 6.00 Å². The molecule has 0 aromatic rings. The molecule has 0 fully saturated rings. The van der Waals surface area contributed by atoms with Gasteiger partial charge in [-0.1, -0.05) is 0 Å². The molecule has 0 aromatic heterocycles. The lowest BCUT2D eigenvalue weighted by Crippen LogP contribution is -2.27. The largest absolute Gasteiger partial charge is 0.405 e. The molecule has 0 radical (unpaired) electrons. The number of rotatable bonds is 4. The van der Waals surface area contributed by atoms with Crippen molar-refractivity contribution in [1.29, 1.82) is 0 Å². The zero-order chi connectivity index (χ0) is 7.11. The van der Waals surface area contributed by atoms with Gasteiger partial charge in [0, 0.05) is 7.11 Å². The molecule has 1 atom stereocenters. The van der Waals surface area contributed by atoms with Crippen LogP contribution in [-0.2, 0) is 4.74 Å². The van der Waals surface area contributed by atoms with E-state index in [-0.39, 0.29) is 6.23 Å². The van der Waals surface area contributed by atoms with Gasteiger partial charge in [-0.2, -0.15) is 0 Å². The van der Waals surface area contributed by atoms with Crippen LogP contribution >= 0.6 is 11.6 Å². The van der Waals surface area contributed by atoms with Crippen LogP contribution in [-0.4, -0.2) is 19.3 Å². The van der Waals surface area contributed by atoms with E-state index in [2.05, 4.69) is 5.32 Å². The summed E-state index contributed by atoms with van der Waals surface area (Å²) in [6.07, 6.45) is 2.91. The van der Waals surface area contributed by atoms with Crippen molar-refractivity contribution in [2.75, 3.05) is 13.1 Å². The van der Waals surface area contributed by atoms with E-state index in [9.17, 15) is 0 Å². The summed E-state index contributed by atoms with van der Waals surface area (Å²) in [6, 6.07) is 0.350. The predicted molar refractivity (Wildman–Crippen MR) is 38.0 cm³/mol. The van der Waals surface area contributed by atoms with Crippen molar-refractivity contribution in [2.24, 2.45) is 5.73 Å². The molecule has 3 nitrogen and oxygen atoms in total. The summed E-state index contributed by atoms with van der Waals surface area (Å²) in [6.45, 7) is 0. The number of hydrogen-bond donors (Lipinski definition) is 2. The Labute approximate surface area is 59.8 Å². The Hall–Kier alpha value is -0.250. The number of methoxy groups -OCH3 is 1. The molecule has 1 unspecified atom stereocenters. The van der Waals surface area contributed by atoms with Crippen LogP contribution in [0.15, 0.2) is 12.3 Å². The Morgan fingerprint density at radius 3 is 2.89 bits per heavy atom.